The average molecular weight is 274 g/mol. The van der Waals surface area contributed by atoms with Gasteiger partial charge in [-0.15, -0.1) is 11.8 Å². The summed E-state index contributed by atoms with van der Waals surface area (Å²) in [6, 6.07) is 14.5. The second-order valence-electron chi connectivity index (χ2n) is 4.74. The molecule has 2 rings (SSSR count). The number of carbonyl (C=O) groups excluding carboxylic acids is 1. The van der Waals surface area contributed by atoms with Gasteiger partial charge in [0, 0.05) is 10.6 Å². The minimum Gasteiger partial charge on any atom is -0.368 e. The maximum absolute atomic E-state index is 11.4. The average Bonchev–Trinajstić information content (AvgIpc) is 2.44. The smallest absolute Gasteiger partial charge is 0.238 e. The topological polar surface area (TPSA) is 55.1 Å². The lowest BCUT2D eigenvalue weighted by Crippen LogP contribution is -2.53. The van der Waals surface area contributed by atoms with Gasteiger partial charge in [-0.25, -0.2) is 0 Å². The molecule has 0 aromatic heterocycles. The Hall–Kier alpha value is -1.52. The van der Waals surface area contributed by atoms with Crippen LogP contribution in [0, 0.1) is 0 Å². The van der Waals surface area contributed by atoms with Crippen molar-refractivity contribution >= 4 is 28.4 Å². The summed E-state index contributed by atoms with van der Waals surface area (Å²) in [6.07, 6.45) is 0. The van der Waals surface area contributed by atoms with Gasteiger partial charge >= 0.3 is 0 Å². The van der Waals surface area contributed by atoms with Crippen LogP contribution in [0.25, 0.3) is 10.8 Å². The molecule has 0 saturated carbocycles. The summed E-state index contributed by atoms with van der Waals surface area (Å²) in [5, 5.41) is 5.42. The molecular formula is C15H18N2OS. The van der Waals surface area contributed by atoms with Gasteiger partial charge in [0.1, 0.15) is 5.54 Å². The summed E-state index contributed by atoms with van der Waals surface area (Å²) >= 11 is 1.63. The highest BCUT2D eigenvalue weighted by Gasteiger charge is 2.28. The van der Waals surface area contributed by atoms with Crippen LogP contribution in [-0.2, 0) is 4.79 Å². The van der Waals surface area contributed by atoms with Crippen LogP contribution in [0.1, 0.15) is 6.92 Å². The molecule has 0 spiro atoms. The fourth-order valence-corrected chi connectivity index (χ4v) is 2.87. The van der Waals surface area contributed by atoms with E-state index >= 15 is 0 Å². The van der Waals surface area contributed by atoms with Gasteiger partial charge in [0.25, 0.3) is 0 Å². The second-order valence-corrected chi connectivity index (χ2v) is 5.79. The van der Waals surface area contributed by atoms with E-state index in [1.54, 1.807) is 18.8 Å². The SMILES string of the molecule is CNC(C)(CSc1ccc2ccccc2c1)C(N)=O. The van der Waals surface area contributed by atoms with Crippen molar-refractivity contribution in [3.05, 3.63) is 42.5 Å². The summed E-state index contributed by atoms with van der Waals surface area (Å²) in [4.78, 5) is 12.6. The van der Waals surface area contributed by atoms with Gasteiger partial charge in [0.05, 0.1) is 0 Å². The molecule has 0 aliphatic carbocycles. The van der Waals surface area contributed by atoms with Crippen molar-refractivity contribution < 1.29 is 4.79 Å². The van der Waals surface area contributed by atoms with Crippen LogP contribution in [0.3, 0.4) is 0 Å². The molecule has 1 atom stereocenters. The fraction of sp³-hybridized carbons (Fsp3) is 0.267. The maximum atomic E-state index is 11.4. The van der Waals surface area contributed by atoms with E-state index in [9.17, 15) is 4.79 Å². The van der Waals surface area contributed by atoms with Gasteiger partial charge in [-0.2, -0.15) is 0 Å². The first kappa shape index (κ1) is 13.9. The molecule has 0 aliphatic rings. The number of fused-ring (bicyclic) bond motifs is 1. The molecular weight excluding hydrogens is 256 g/mol. The first-order chi connectivity index (χ1) is 9.05. The van der Waals surface area contributed by atoms with Crippen LogP contribution in [-0.4, -0.2) is 24.2 Å². The summed E-state index contributed by atoms with van der Waals surface area (Å²) in [6.45, 7) is 1.82. The van der Waals surface area contributed by atoms with Gasteiger partial charge in [-0.3, -0.25) is 4.79 Å². The van der Waals surface area contributed by atoms with E-state index in [-0.39, 0.29) is 5.91 Å². The molecule has 19 heavy (non-hydrogen) atoms. The third kappa shape index (κ3) is 3.08. The fourth-order valence-electron chi connectivity index (χ4n) is 1.75. The Morgan fingerprint density at radius 1 is 1.26 bits per heavy atom. The van der Waals surface area contributed by atoms with Crippen LogP contribution in [0.5, 0.6) is 0 Å². The molecule has 0 saturated heterocycles. The molecule has 3 nitrogen and oxygen atoms in total. The van der Waals surface area contributed by atoms with E-state index < -0.39 is 5.54 Å². The van der Waals surface area contributed by atoms with E-state index in [2.05, 4.69) is 35.6 Å². The van der Waals surface area contributed by atoms with Crippen molar-refractivity contribution in [3.63, 3.8) is 0 Å². The Balaban J connectivity index is 2.15. The molecule has 4 heteroatoms. The van der Waals surface area contributed by atoms with Gasteiger partial charge in [-0.1, -0.05) is 30.3 Å². The minimum absolute atomic E-state index is 0.330. The zero-order valence-corrected chi connectivity index (χ0v) is 12.0. The number of benzene rings is 2. The van der Waals surface area contributed by atoms with Crippen LogP contribution in [0.4, 0.5) is 0 Å². The number of hydrogen-bond donors (Lipinski definition) is 2. The number of nitrogens with one attached hydrogen (secondary N) is 1. The lowest BCUT2D eigenvalue weighted by molar-refractivity contribution is -0.122. The van der Waals surface area contributed by atoms with Crippen molar-refractivity contribution in [2.75, 3.05) is 12.8 Å². The standard InChI is InChI=1S/C15H18N2OS/c1-15(17-2,14(16)18)10-19-13-8-7-11-5-3-4-6-12(11)9-13/h3-9,17H,10H2,1-2H3,(H2,16,18). The number of rotatable bonds is 5. The Morgan fingerprint density at radius 2 is 1.95 bits per heavy atom. The Bertz CT molecular complexity index is 599. The molecule has 3 N–H and O–H groups in total. The molecule has 1 unspecified atom stereocenters. The third-order valence-corrected chi connectivity index (χ3v) is 4.65. The summed E-state index contributed by atoms with van der Waals surface area (Å²) in [7, 11) is 1.76. The van der Waals surface area contributed by atoms with Crippen LogP contribution >= 0.6 is 11.8 Å². The highest BCUT2D eigenvalue weighted by atomic mass is 32.2. The van der Waals surface area contributed by atoms with Crippen LogP contribution in [0.2, 0.25) is 0 Å². The lowest BCUT2D eigenvalue weighted by atomic mass is 10.1. The highest BCUT2D eigenvalue weighted by Crippen LogP contribution is 2.26. The van der Waals surface area contributed by atoms with Gasteiger partial charge in [0.2, 0.25) is 5.91 Å². The van der Waals surface area contributed by atoms with E-state index in [0.717, 1.165) is 4.90 Å². The molecule has 0 aliphatic heterocycles. The van der Waals surface area contributed by atoms with E-state index in [1.165, 1.54) is 10.8 Å². The van der Waals surface area contributed by atoms with Crippen molar-refractivity contribution in [1.82, 2.24) is 5.32 Å². The van der Waals surface area contributed by atoms with E-state index in [0.29, 0.717) is 5.75 Å². The quantitative estimate of drug-likeness (QED) is 0.823. The molecule has 0 heterocycles. The van der Waals surface area contributed by atoms with E-state index in [4.69, 9.17) is 5.73 Å². The number of amides is 1. The largest absolute Gasteiger partial charge is 0.368 e. The first-order valence-corrected chi connectivity index (χ1v) is 7.14. The number of carbonyl (C=O) groups is 1. The van der Waals surface area contributed by atoms with Crippen LogP contribution < -0.4 is 11.1 Å². The molecule has 2 aromatic rings. The number of nitrogens with two attached hydrogens (primary N) is 1. The Labute approximate surface area is 117 Å². The van der Waals surface area contributed by atoms with Crippen molar-refractivity contribution in [2.24, 2.45) is 5.73 Å². The molecule has 0 bridgehead atoms. The van der Waals surface area contributed by atoms with Gasteiger partial charge < -0.3 is 11.1 Å². The first-order valence-electron chi connectivity index (χ1n) is 6.15. The molecule has 0 radical (unpaired) electrons. The van der Waals surface area contributed by atoms with Gasteiger partial charge in [-0.05, 0) is 36.9 Å². The second kappa shape index (κ2) is 5.63. The summed E-state index contributed by atoms with van der Waals surface area (Å²) in [5.74, 6) is 0.278. The molecule has 100 valence electrons. The number of likely N-dealkylation sites (N-methyl/N-ethyl adjacent to an activating group) is 1. The molecule has 2 aromatic carbocycles. The normalized spacial score (nSPS) is 14.2. The van der Waals surface area contributed by atoms with Crippen molar-refractivity contribution in [1.29, 1.82) is 0 Å². The number of thioether (sulfide) groups is 1. The lowest BCUT2D eigenvalue weighted by Gasteiger charge is -2.24. The van der Waals surface area contributed by atoms with Crippen LogP contribution in [0.15, 0.2) is 47.4 Å². The maximum Gasteiger partial charge on any atom is 0.238 e. The monoisotopic (exact) mass is 274 g/mol. The summed E-state index contributed by atoms with van der Waals surface area (Å²) in [5.41, 5.74) is 4.74. The molecule has 1 amide bonds. The Morgan fingerprint density at radius 3 is 2.58 bits per heavy atom. The zero-order valence-electron chi connectivity index (χ0n) is 11.1. The Kier molecular flexibility index (Phi) is 4.12. The predicted molar refractivity (Wildman–Crippen MR) is 81.3 cm³/mol. The summed E-state index contributed by atoms with van der Waals surface area (Å²) < 4.78 is 0. The van der Waals surface area contributed by atoms with E-state index in [1.807, 2.05) is 19.1 Å². The number of primary amides is 1. The van der Waals surface area contributed by atoms with Crippen molar-refractivity contribution in [3.8, 4) is 0 Å². The zero-order chi connectivity index (χ0) is 13.9. The molecule has 0 fully saturated rings. The van der Waals surface area contributed by atoms with Crippen molar-refractivity contribution in [2.45, 2.75) is 17.4 Å². The van der Waals surface area contributed by atoms with Gasteiger partial charge in [0.15, 0.2) is 0 Å². The predicted octanol–water partition coefficient (Wildman–Crippen LogP) is 2.40. The highest BCUT2D eigenvalue weighted by molar-refractivity contribution is 7.99. The minimum atomic E-state index is -0.684. The number of hydrogen-bond acceptors (Lipinski definition) is 3. The third-order valence-electron chi connectivity index (χ3n) is 3.34.